The Morgan fingerprint density at radius 3 is 2.54 bits per heavy atom. The van der Waals surface area contributed by atoms with Gasteiger partial charge in [0.15, 0.2) is 0 Å². The van der Waals surface area contributed by atoms with Crippen molar-refractivity contribution in [1.82, 2.24) is 19.2 Å². The van der Waals surface area contributed by atoms with Crippen molar-refractivity contribution in [2.45, 2.75) is 19.1 Å². The minimum atomic E-state index is -3.28. The zero-order chi connectivity index (χ0) is 17.3. The molecule has 2 aromatic heterocycles. The number of amides is 1. The van der Waals surface area contributed by atoms with E-state index in [4.69, 9.17) is 0 Å². The molecule has 1 amide bonds. The molecule has 0 bridgehead atoms. The Kier molecular flexibility index (Phi) is 4.51. The van der Waals surface area contributed by atoms with E-state index in [1.54, 1.807) is 37.2 Å². The molecule has 0 unspecified atom stereocenters. The van der Waals surface area contributed by atoms with E-state index in [9.17, 15) is 13.2 Å². The zero-order valence-corrected chi connectivity index (χ0v) is 14.5. The molecule has 0 aliphatic carbocycles. The molecule has 24 heavy (non-hydrogen) atoms. The number of hydrogen-bond donors (Lipinski definition) is 0. The number of piperazine rings is 1. The van der Waals surface area contributed by atoms with Crippen molar-refractivity contribution in [3.05, 3.63) is 36.3 Å². The molecule has 7 nitrogen and oxygen atoms in total. The maximum Gasteiger partial charge on any atom is 0.257 e. The fourth-order valence-corrected chi connectivity index (χ4v) is 4.04. The summed E-state index contributed by atoms with van der Waals surface area (Å²) in [5.41, 5.74) is 1.07. The van der Waals surface area contributed by atoms with Crippen LogP contribution >= 0.6 is 0 Å². The van der Waals surface area contributed by atoms with Gasteiger partial charge in [0.2, 0.25) is 10.0 Å². The molecule has 0 atom stereocenters. The number of fused-ring (bicyclic) bond motifs is 1. The summed E-state index contributed by atoms with van der Waals surface area (Å²) in [7, 11) is -3.28. The van der Waals surface area contributed by atoms with Gasteiger partial charge in [0.1, 0.15) is 0 Å². The minimum Gasteiger partial charge on any atom is -0.336 e. The second-order valence-electron chi connectivity index (χ2n) is 6.05. The van der Waals surface area contributed by atoms with Crippen LogP contribution in [0.4, 0.5) is 0 Å². The first-order chi connectivity index (χ1) is 11.4. The van der Waals surface area contributed by atoms with Crippen LogP contribution in [-0.4, -0.2) is 64.9 Å². The van der Waals surface area contributed by atoms with Crippen LogP contribution in [0, 0.1) is 0 Å². The Bertz CT molecular complexity index is 853. The molecule has 128 valence electrons. The second-order valence-corrected chi connectivity index (χ2v) is 8.54. The number of aromatic nitrogens is 2. The van der Waals surface area contributed by atoms with E-state index in [1.165, 1.54) is 10.5 Å². The highest BCUT2D eigenvalue weighted by Gasteiger charge is 2.31. The standard InChI is InChI=1S/C16H20N4O3S/c1-12(2)24(22,23)20-8-6-19(7-9-20)16(21)14-11-17-10-13-4-3-5-18-15(13)14/h3-5,10-12H,6-9H2,1-2H3. The van der Waals surface area contributed by atoms with Gasteiger partial charge < -0.3 is 4.90 Å². The number of rotatable bonds is 3. The fraction of sp³-hybridized carbons (Fsp3) is 0.438. The summed E-state index contributed by atoms with van der Waals surface area (Å²) in [4.78, 5) is 22.8. The molecule has 1 aliphatic heterocycles. The smallest absolute Gasteiger partial charge is 0.257 e. The summed E-state index contributed by atoms with van der Waals surface area (Å²) in [6.45, 7) is 4.71. The van der Waals surface area contributed by atoms with E-state index in [0.29, 0.717) is 37.3 Å². The van der Waals surface area contributed by atoms with E-state index in [2.05, 4.69) is 9.97 Å². The minimum absolute atomic E-state index is 0.159. The Hall–Kier alpha value is -2.06. The molecular weight excluding hydrogens is 328 g/mol. The summed E-state index contributed by atoms with van der Waals surface area (Å²) in [5.74, 6) is -0.159. The van der Waals surface area contributed by atoms with Crippen molar-refractivity contribution < 1.29 is 13.2 Å². The summed E-state index contributed by atoms with van der Waals surface area (Å²) in [6.07, 6.45) is 4.84. The average molecular weight is 348 g/mol. The van der Waals surface area contributed by atoms with Crippen LogP contribution in [0.25, 0.3) is 10.9 Å². The van der Waals surface area contributed by atoms with Crippen molar-refractivity contribution in [3.8, 4) is 0 Å². The van der Waals surface area contributed by atoms with Gasteiger partial charge in [-0.1, -0.05) is 0 Å². The van der Waals surface area contributed by atoms with Gasteiger partial charge in [0, 0.05) is 50.2 Å². The molecule has 2 aromatic rings. The third kappa shape index (κ3) is 2.99. The Labute approximate surface area is 141 Å². The third-order valence-electron chi connectivity index (χ3n) is 4.22. The molecule has 3 heterocycles. The van der Waals surface area contributed by atoms with Crippen LogP contribution in [0.1, 0.15) is 24.2 Å². The Balaban J connectivity index is 1.78. The van der Waals surface area contributed by atoms with Gasteiger partial charge in [-0.05, 0) is 26.0 Å². The number of pyridine rings is 2. The molecule has 0 aromatic carbocycles. The van der Waals surface area contributed by atoms with Crippen molar-refractivity contribution >= 4 is 26.8 Å². The molecule has 0 N–H and O–H groups in total. The summed E-state index contributed by atoms with van der Waals surface area (Å²) in [5, 5.41) is 0.357. The second kappa shape index (κ2) is 6.45. The number of carbonyl (C=O) groups excluding carboxylic acids is 1. The van der Waals surface area contributed by atoms with E-state index in [0.717, 1.165) is 5.39 Å². The molecule has 0 saturated carbocycles. The lowest BCUT2D eigenvalue weighted by Crippen LogP contribution is -2.52. The van der Waals surface area contributed by atoms with Crippen LogP contribution in [0.15, 0.2) is 30.7 Å². The first kappa shape index (κ1) is 16.8. The fourth-order valence-electron chi connectivity index (χ4n) is 2.77. The quantitative estimate of drug-likeness (QED) is 0.830. The topological polar surface area (TPSA) is 83.5 Å². The monoisotopic (exact) mass is 348 g/mol. The van der Waals surface area contributed by atoms with E-state index < -0.39 is 15.3 Å². The SMILES string of the molecule is CC(C)S(=O)(=O)N1CCN(C(=O)c2cncc3cccnc23)CC1. The summed E-state index contributed by atoms with van der Waals surface area (Å²) >= 11 is 0. The van der Waals surface area contributed by atoms with Crippen LogP contribution in [0.5, 0.6) is 0 Å². The van der Waals surface area contributed by atoms with Gasteiger partial charge in [-0.2, -0.15) is 4.31 Å². The lowest BCUT2D eigenvalue weighted by molar-refractivity contribution is 0.0699. The highest BCUT2D eigenvalue weighted by atomic mass is 32.2. The zero-order valence-electron chi connectivity index (χ0n) is 13.7. The Morgan fingerprint density at radius 1 is 1.17 bits per heavy atom. The molecule has 8 heteroatoms. The number of sulfonamides is 1. The first-order valence-corrected chi connectivity index (χ1v) is 9.38. The largest absolute Gasteiger partial charge is 0.336 e. The molecule has 0 radical (unpaired) electrons. The van der Waals surface area contributed by atoms with Gasteiger partial charge in [0.05, 0.1) is 16.3 Å². The molecule has 0 spiro atoms. The normalized spacial score (nSPS) is 16.7. The highest BCUT2D eigenvalue weighted by molar-refractivity contribution is 7.89. The van der Waals surface area contributed by atoms with E-state index >= 15 is 0 Å². The number of nitrogens with zero attached hydrogens (tertiary/aromatic N) is 4. The molecular formula is C16H20N4O3S. The van der Waals surface area contributed by atoms with Crippen LogP contribution in [-0.2, 0) is 10.0 Å². The maximum atomic E-state index is 12.8. The summed E-state index contributed by atoms with van der Waals surface area (Å²) in [6, 6.07) is 3.66. The van der Waals surface area contributed by atoms with Crippen LogP contribution in [0.3, 0.4) is 0 Å². The Morgan fingerprint density at radius 2 is 1.88 bits per heavy atom. The average Bonchev–Trinajstić information content (AvgIpc) is 2.60. The van der Waals surface area contributed by atoms with Crippen LogP contribution in [0.2, 0.25) is 0 Å². The molecule has 3 rings (SSSR count). The van der Waals surface area contributed by atoms with Crippen molar-refractivity contribution in [2.75, 3.05) is 26.2 Å². The van der Waals surface area contributed by atoms with Gasteiger partial charge in [-0.3, -0.25) is 14.8 Å². The van der Waals surface area contributed by atoms with Crippen molar-refractivity contribution in [2.24, 2.45) is 0 Å². The van der Waals surface area contributed by atoms with Gasteiger partial charge >= 0.3 is 0 Å². The van der Waals surface area contributed by atoms with Gasteiger partial charge in [-0.25, -0.2) is 8.42 Å². The highest BCUT2D eigenvalue weighted by Crippen LogP contribution is 2.18. The van der Waals surface area contributed by atoms with Crippen molar-refractivity contribution in [3.63, 3.8) is 0 Å². The lowest BCUT2D eigenvalue weighted by atomic mass is 10.1. The van der Waals surface area contributed by atoms with E-state index in [1.807, 2.05) is 6.07 Å². The van der Waals surface area contributed by atoms with E-state index in [-0.39, 0.29) is 5.91 Å². The maximum absolute atomic E-state index is 12.8. The predicted octanol–water partition coefficient (Wildman–Crippen LogP) is 1.13. The van der Waals surface area contributed by atoms with Crippen LogP contribution < -0.4 is 0 Å². The predicted molar refractivity (Wildman–Crippen MR) is 91.1 cm³/mol. The molecule has 1 saturated heterocycles. The number of carbonyl (C=O) groups is 1. The first-order valence-electron chi connectivity index (χ1n) is 7.88. The van der Waals surface area contributed by atoms with Gasteiger partial charge in [0.25, 0.3) is 5.91 Å². The molecule has 1 fully saturated rings. The third-order valence-corrected chi connectivity index (χ3v) is 6.50. The van der Waals surface area contributed by atoms with Gasteiger partial charge in [-0.15, -0.1) is 0 Å². The molecule has 1 aliphatic rings. The van der Waals surface area contributed by atoms with Crippen molar-refractivity contribution in [1.29, 1.82) is 0 Å². The number of hydrogen-bond acceptors (Lipinski definition) is 5. The summed E-state index contributed by atoms with van der Waals surface area (Å²) < 4.78 is 25.9. The lowest BCUT2D eigenvalue weighted by Gasteiger charge is -2.34.